The van der Waals surface area contributed by atoms with Crippen molar-refractivity contribution < 1.29 is 4.79 Å². The minimum absolute atomic E-state index is 0.129. The van der Waals surface area contributed by atoms with Gasteiger partial charge in [0.25, 0.3) is 0 Å². The number of aryl methyl sites for hydroxylation is 1. The Bertz CT molecular complexity index is 973. The molecule has 2 aliphatic rings. The first-order valence-corrected chi connectivity index (χ1v) is 10.2. The first-order valence-electron chi connectivity index (χ1n) is 9.43. The number of para-hydroxylation sites is 1. The molecule has 1 aromatic heterocycles. The first kappa shape index (κ1) is 16.6. The molecule has 1 atom stereocenters. The molecule has 138 valence electrons. The molecule has 1 amide bonds. The maximum absolute atomic E-state index is 13.0. The lowest BCUT2D eigenvalue weighted by Crippen LogP contribution is -2.52. The van der Waals surface area contributed by atoms with Crippen molar-refractivity contribution in [2.24, 2.45) is 0 Å². The molecule has 0 radical (unpaired) electrons. The van der Waals surface area contributed by atoms with Gasteiger partial charge in [0, 0.05) is 38.3 Å². The summed E-state index contributed by atoms with van der Waals surface area (Å²) in [5.41, 5.74) is 4.65. The van der Waals surface area contributed by atoms with Gasteiger partial charge in [0.15, 0.2) is 5.13 Å². The second-order valence-electron chi connectivity index (χ2n) is 7.34. The van der Waals surface area contributed by atoms with Crippen molar-refractivity contribution in [1.29, 1.82) is 0 Å². The van der Waals surface area contributed by atoms with E-state index in [1.54, 1.807) is 11.3 Å². The van der Waals surface area contributed by atoms with E-state index in [9.17, 15) is 4.79 Å². The van der Waals surface area contributed by atoms with Crippen LogP contribution >= 0.6 is 11.3 Å². The molecule has 2 aliphatic heterocycles. The van der Waals surface area contributed by atoms with Gasteiger partial charge < -0.3 is 15.1 Å². The Morgan fingerprint density at radius 2 is 1.96 bits per heavy atom. The normalized spacial score (nSPS) is 19.2. The van der Waals surface area contributed by atoms with Gasteiger partial charge in [-0.05, 0) is 30.7 Å². The molecule has 1 N–H and O–H groups in total. The van der Waals surface area contributed by atoms with Crippen molar-refractivity contribution >= 4 is 38.3 Å². The maximum Gasteiger partial charge on any atom is 0.245 e. The number of hydrogen-bond acceptors (Lipinski definition) is 5. The maximum atomic E-state index is 13.0. The van der Waals surface area contributed by atoms with E-state index in [1.165, 1.54) is 15.8 Å². The van der Waals surface area contributed by atoms with Crippen LogP contribution in [0.3, 0.4) is 0 Å². The highest BCUT2D eigenvalue weighted by atomic mass is 32.1. The number of fused-ring (bicyclic) bond motifs is 2. The van der Waals surface area contributed by atoms with Gasteiger partial charge in [0.05, 0.1) is 10.2 Å². The fourth-order valence-electron chi connectivity index (χ4n) is 3.97. The van der Waals surface area contributed by atoms with E-state index >= 15 is 0 Å². The van der Waals surface area contributed by atoms with Crippen LogP contribution in [0.25, 0.3) is 10.2 Å². The third kappa shape index (κ3) is 3.04. The molecule has 0 saturated carbocycles. The molecule has 0 aliphatic carbocycles. The SMILES string of the molecule is Cc1ccc2c(c1)C[C@@H](C(=O)N1CCN(c3nc4ccccc4s3)CC1)N2. The Balaban J connectivity index is 1.23. The zero-order valence-corrected chi connectivity index (χ0v) is 16.1. The second kappa shape index (κ2) is 6.53. The number of carbonyl (C=O) groups is 1. The smallest absolute Gasteiger partial charge is 0.245 e. The summed E-state index contributed by atoms with van der Waals surface area (Å²) in [5.74, 6) is 0.216. The Labute approximate surface area is 162 Å². The van der Waals surface area contributed by atoms with Crippen molar-refractivity contribution in [2.75, 3.05) is 36.4 Å². The zero-order valence-electron chi connectivity index (χ0n) is 15.3. The number of thiazole rings is 1. The third-order valence-corrected chi connectivity index (χ3v) is 6.55. The van der Waals surface area contributed by atoms with E-state index in [2.05, 4.69) is 53.5 Å². The number of nitrogens with zero attached hydrogens (tertiary/aromatic N) is 3. The van der Waals surface area contributed by atoms with Crippen LogP contribution in [0.1, 0.15) is 11.1 Å². The van der Waals surface area contributed by atoms with Gasteiger partial charge in [-0.15, -0.1) is 0 Å². The highest BCUT2D eigenvalue weighted by Crippen LogP contribution is 2.30. The summed E-state index contributed by atoms with van der Waals surface area (Å²) in [5, 5.41) is 4.46. The van der Waals surface area contributed by atoms with Crippen LogP contribution < -0.4 is 10.2 Å². The zero-order chi connectivity index (χ0) is 18.4. The van der Waals surface area contributed by atoms with E-state index < -0.39 is 0 Å². The molecule has 2 aromatic carbocycles. The third-order valence-electron chi connectivity index (χ3n) is 5.46. The summed E-state index contributed by atoms with van der Waals surface area (Å²) in [6.07, 6.45) is 0.786. The van der Waals surface area contributed by atoms with Crippen molar-refractivity contribution in [3.63, 3.8) is 0 Å². The fraction of sp³-hybridized carbons (Fsp3) is 0.333. The van der Waals surface area contributed by atoms with Gasteiger partial charge in [-0.25, -0.2) is 4.98 Å². The van der Waals surface area contributed by atoms with Crippen LogP contribution in [0.5, 0.6) is 0 Å². The fourth-order valence-corrected chi connectivity index (χ4v) is 4.99. The number of hydrogen-bond donors (Lipinski definition) is 1. The number of anilines is 2. The van der Waals surface area contributed by atoms with Gasteiger partial charge >= 0.3 is 0 Å². The molecular weight excluding hydrogens is 356 g/mol. The Hall–Kier alpha value is -2.60. The van der Waals surface area contributed by atoms with Gasteiger partial charge in [-0.3, -0.25) is 4.79 Å². The quantitative estimate of drug-likeness (QED) is 0.743. The topological polar surface area (TPSA) is 48.5 Å². The lowest BCUT2D eigenvalue weighted by Gasteiger charge is -2.35. The number of piperazine rings is 1. The lowest BCUT2D eigenvalue weighted by molar-refractivity contribution is -0.132. The number of aromatic nitrogens is 1. The predicted octanol–water partition coefficient (Wildman–Crippen LogP) is 3.29. The Kier molecular flexibility index (Phi) is 4.01. The van der Waals surface area contributed by atoms with E-state index in [-0.39, 0.29) is 11.9 Å². The summed E-state index contributed by atoms with van der Waals surface area (Å²) < 4.78 is 1.22. The summed E-state index contributed by atoms with van der Waals surface area (Å²) >= 11 is 1.73. The van der Waals surface area contributed by atoms with Crippen LogP contribution in [0, 0.1) is 6.92 Å². The van der Waals surface area contributed by atoms with Gasteiger partial charge in [0.2, 0.25) is 5.91 Å². The van der Waals surface area contributed by atoms with Crippen molar-refractivity contribution in [2.45, 2.75) is 19.4 Å². The average Bonchev–Trinajstić information content (AvgIpc) is 3.31. The number of benzene rings is 2. The molecule has 0 spiro atoms. The van der Waals surface area contributed by atoms with E-state index in [0.717, 1.165) is 48.9 Å². The summed E-state index contributed by atoms with van der Waals surface area (Å²) in [7, 11) is 0. The number of carbonyl (C=O) groups excluding carboxylic acids is 1. The van der Waals surface area contributed by atoms with Crippen LogP contribution in [-0.2, 0) is 11.2 Å². The number of nitrogens with one attached hydrogen (secondary N) is 1. The van der Waals surface area contributed by atoms with Gasteiger partial charge in [-0.1, -0.05) is 41.2 Å². The predicted molar refractivity (Wildman–Crippen MR) is 111 cm³/mol. The molecule has 27 heavy (non-hydrogen) atoms. The second-order valence-corrected chi connectivity index (χ2v) is 8.35. The van der Waals surface area contributed by atoms with Crippen LogP contribution in [0.4, 0.5) is 10.8 Å². The molecule has 1 saturated heterocycles. The largest absolute Gasteiger partial charge is 0.373 e. The first-order chi connectivity index (χ1) is 13.2. The Morgan fingerprint density at radius 3 is 2.78 bits per heavy atom. The van der Waals surface area contributed by atoms with E-state index in [1.807, 2.05) is 11.0 Å². The lowest BCUT2D eigenvalue weighted by atomic mass is 10.1. The number of amides is 1. The van der Waals surface area contributed by atoms with Crippen LogP contribution in [0.2, 0.25) is 0 Å². The van der Waals surface area contributed by atoms with E-state index in [0.29, 0.717) is 0 Å². The minimum Gasteiger partial charge on any atom is -0.373 e. The minimum atomic E-state index is -0.129. The molecular formula is C21H22N4OS. The van der Waals surface area contributed by atoms with Crippen molar-refractivity contribution in [3.8, 4) is 0 Å². The summed E-state index contributed by atoms with van der Waals surface area (Å²) in [6, 6.07) is 14.5. The molecule has 1 fully saturated rings. The van der Waals surface area contributed by atoms with E-state index in [4.69, 9.17) is 4.98 Å². The van der Waals surface area contributed by atoms with Gasteiger partial charge in [-0.2, -0.15) is 0 Å². The summed E-state index contributed by atoms with van der Waals surface area (Å²) in [4.78, 5) is 22.0. The van der Waals surface area contributed by atoms with Crippen LogP contribution in [0.15, 0.2) is 42.5 Å². The molecule has 3 aromatic rings. The molecule has 0 bridgehead atoms. The standard InChI is InChI=1S/C21H22N4OS/c1-14-6-7-16-15(12-14)13-18(22-16)20(26)24-8-10-25(11-9-24)21-23-17-4-2-3-5-19(17)27-21/h2-7,12,18,22H,8-11,13H2,1H3/t18-/m0/s1. The highest BCUT2D eigenvalue weighted by molar-refractivity contribution is 7.22. The van der Waals surface area contributed by atoms with Gasteiger partial charge in [0.1, 0.15) is 6.04 Å². The molecule has 0 unspecified atom stereocenters. The highest BCUT2D eigenvalue weighted by Gasteiger charge is 2.32. The molecule has 6 heteroatoms. The van der Waals surface area contributed by atoms with Crippen molar-refractivity contribution in [1.82, 2.24) is 9.88 Å². The summed E-state index contributed by atoms with van der Waals surface area (Å²) in [6.45, 7) is 5.27. The van der Waals surface area contributed by atoms with Crippen molar-refractivity contribution in [3.05, 3.63) is 53.6 Å². The molecule has 3 heterocycles. The Morgan fingerprint density at radius 1 is 1.15 bits per heavy atom. The number of rotatable bonds is 2. The average molecular weight is 379 g/mol. The monoisotopic (exact) mass is 378 g/mol. The molecule has 5 nitrogen and oxygen atoms in total. The molecule has 5 rings (SSSR count). The van der Waals surface area contributed by atoms with Crippen LogP contribution in [-0.4, -0.2) is 48.0 Å².